The molecular formula is C12H17F3N4O2. The highest BCUT2D eigenvalue weighted by Crippen LogP contribution is 2.24. The number of carbonyl (C=O) groups excluding carboxylic acids is 1. The van der Waals surface area contributed by atoms with Crippen molar-refractivity contribution in [1.29, 1.82) is 0 Å². The van der Waals surface area contributed by atoms with Crippen LogP contribution in [-0.4, -0.2) is 39.7 Å². The van der Waals surface area contributed by atoms with Crippen molar-refractivity contribution in [3.8, 4) is 0 Å². The standard InChI is InChI=1S/C12H17F3N4O2/c13-12(14,15)7-19-5-4-10(18-19)17-11(21)16-6-8-2-1-3-9(8)20/h4-5,8-9,20H,1-3,6-7H2,(H2,16,17,18,21)/t8-,9+/m0/s1. The molecule has 0 bridgehead atoms. The van der Waals surface area contributed by atoms with Gasteiger partial charge in [0.1, 0.15) is 6.54 Å². The fourth-order valence-corrected chi connectivity index (χ4v) is 2.34. The highest BCUT2D eigenvalue weighted by atomic mass is 19.4. The highest BCUT2D eigenvalue weighted by molar-refractivity contribution is 5.88. The predicted molar refractivity (Wildman–Crippen MR) is 68.7 cm³/mol. The zero-order valence-electron chi connectivity index (χ0n) is 11.2. The lowest BCUT2D eigenvalue weighted by Crippen LogP contribution is -2.35. The molecule has 0 spiro atoms. The van der Waals surface area contributed by atoms with Crippen LogP contribution in [0.4, 0.5) is 23.8 Å². The molecule has 2 atom stereocenters. The Labute approximate surface area is 119 Å². The van der Waals surface area contributed by atoms with Crippen LogP contribution in [-0.2, 0) is 6.54 Å². The molecule has 1 saturated carbocycles. The number of nitrogens with one attached hydrogen (secondary N) is 2. The zero-order chi connectivity index (χ0) is 15.5. The van der Waals surface area contributed by atoms with Crippen molar-refractivity contribution in [3.05, 3.63) is 12.3 Å². The molecule has 118 valence electrons. The van der Waals surface area contributed by atoms with E-state index in [1.807, 2.05) is 0 Å². The van der Waals surface area contributed by atoms with Crippen LogP contribution in [0.25, 0.3) is 0 Å². The van der Waals surface area contributed by atoms with E-state index in [0.717, 1.165) is 25.5 Å². The maximum absolute atomic E-state index is 12.2. The highest BCUT2D eigenvalue weighted by Gasteiger charge is 2.28. The first-order valence-electron chi connectivity index (χ1n) is 6.66. The van der Waals surface area contributed by atoms with Crippen LogP contribution in [0.3, 0.4) is 0 Å². The lowest BCUT2D eigenvalue weighted by atomic mass is 10.1. The van der Waals surface area contributed by atoms with Crippen molar-refractivity contribution in [2.75, 3.05) is 11.9 Å². The van der Waals surface area contributed by atoms with Gasteiger partial charge in [0.2, 0.25) is 0 Å². The van der Waals surface area contributed by atoms with Gasteiger partial charge in [0.15, 0.2) is 5.82 Å². The number of nitrogens with zero attached hydrogens (tertiary/aromatic N) is 2. The second-order valence-corrected chi connectivity index (χ2v) is 5.11. The fourth-order valence-electron chi connectivity index (χ4n) is 2.34. The van der Waals surface area contributed by atoms with Gasteiger partial charge in [0, 0.05) is 24.7 Å². The van der Waals surface area contributed by atoms with Crippen LogP contribution >= 0.6 is 0 Å². The van der Waals surface area contributed by atoms with E-state index in [-0.39, 0.29) is 11.7 Å². The molecular weight excluding hydrogens is 289 g/mol. The van der Waals surface area contributed by atoms with E-state index in [4.69, 9.17) is 0 Å². The monoisotopic (exact) mass is 306 g/mol. The average Bonchev–Trinajstić information content (AvgIpc) is 2.94. The topological polar surface area (TPSA) is 79.2 Å². The summed E-state index contributed by atoms with van der Waals surface area (Å²) in [5.41, 5.74) is 0. The first kappa shape index (κ1) is 15.6. The Morgan fingerprint density at radius 2 is 2.24 bits per heavy atom. The van der Waals surface area contributed by atoms with Gasteiger partial charge in [-0.2, -0.15) is 18.3 Å². The number of amides is 2. The van der Waals surface area contributed by atoms with Crippen LogP contribution in [0.5, 0.6) is 0 Å². The van der Waals surface area contributed by atoms with E-state index in [9.17, 15) is 23.1 Å². The zero-order valence-corrected chi connectivity index (χ0v) is 11.2. The van der Waals surface area contributed by atoms with Gasteiger partial charge in [-0.05, 0) is 12.8 Å². The Morgan fingerprint density at radius 3 is 2.86 bits per heavy atom. The van der Waals surface area contributed by atoms with Gasteiger partial charge in [0.25, 0.3) is 0 Å². The third-order valence-corrected chi connectivity index (χ3v) is 3.37. The number of anilines is 1. The number of hydrogen-bond donors (Lipinski definition) is 3. The minimum atomic E-state index is -4.36. The summed E-state index contributed by atoms with van der Waals surface area (Å²) in [6.07, 6.45) is -1.11. The molecule has 1 aromatic heterocycles. The number of halogens is 3. The van der Waals surface area contributed by atoms with E-state index in [0.29, 0.717) is 11.2 Å². The summed E-state index contributed by atoms with van der Waals surface area (Å²) >= 11 is 0. The van der Waals surface area contributed by atoms with Gasteiger partial charge in [-0.1, -0.05) is 6.42 Å². The van der Waals surface area contributed by atoms with Crippen LogP contribution in [0.2, 0.25) is 0 Å². The Balaban J connectivity index is 1.77. The molecule has 9 heteroatoms. The van der Waals surface area contributed by atoms with Gasteiger partial charge < -0.3 is 10.4 Å². The summed E-state index contributed by atoms with van der Waals surface area (Å²) in [5.74, 6) is 0.0715. The Kier molecular flexibility index (Phi) is 4.71. The van der Waals surface area contributed by atoms with Crippen molar-refractivity contribution >= 4 is 11.8 Å². The summed E-state index contributed by atoms with van der Waals surface area (Å²) in [6.45, 7) is -0.874. The molecule has 0 unspecified atom stereocenters. The molecule has 3 N–H and O–H groups in total. The van der Waals surface area contributed by atoms with Crippen LogP contribution < -0.4 is 10.6 Å². The SMILES string of the molecule is O=C(NC[C@@H]1CCC[C@H]1O)Nc1ccn(CC(F)(F)F)n1. The van der Waals surface area contributed by atoms with E-state index in [1.54, 1.807) is 0 Å². The predicted octanol–water partition coefficient (Wildman–Crippen LogP) is 1.73. The van der Waals surface area contributed by atoms with Crippen LogP contribution in [0, 0.1) is 5.92 Å². The minimum absolute atomic E-state index is 0.0264. The lowest BCUT2D eigenvalue weighted by molar-refractivity contribution is -0.142. The third kappa shape index (κ3) is 4.92. The van der Waals surface area contributed by atoms with E-state index in [2.05, 4.69) is 15.7 Å². The molecule has 0 aromatic carbocycles. The lowest BCUT2D eigenvalue weighted by Gasteiger charge is -2.14. The van der Waals surface area contributed by atoms with Crippen molar-refractivity contribution in [2.24, 2.45) is 5.92 Å². The molecule has 0 saturated heterocycles. The molecule has 2 amide bonds. The van der Waals surface area contributed by atoms with Gasteiger partial charge in [-0.3, -0.25) is 10.00 Å². The molecule has 0 aliphatic heterocycles. The second-order valence-electron chi connectivity index (χ2n) is 5.11. The largest absolute Gasteiger partial charge is 0.408 e. The first-order chi connectivity index (χ1) is 9.83. The van der Waals surface area contributed by atoms with E-state index >= 15 is 0 Å². The number of hydrogen-bond acceptors (Lipinski definition) is 3. The summed E-state index contributed by atoms with van der Waals surface area (Å²) in [4.78, 5) is 11.6. The van der Waals surface area contributed by atoms with Gasteiger partial charge in [0.05, 0.1) is 6.10 Å². The third-order valence-electron chi connectivity index (χ3n) is 3.37. The quantitative estimate of drug-likeness (QED) is 0.792. The van der Waals surface area contributed by atoms with E-state index < -0.39 is 24.9 Å². The Morgan fingerprint density at radius 1 is 1.48 bits per heavy atom. The van der Waals surface area contributed by atoms with Crippen LogP contribution in [0.15, 0.2) is 12.3 Å². The second kappa shape index (κ2) is 6.33. The summed E-state index contributed by atoms with van der Waals surface area (Å²) < 4.78 is 37.2. The number of aliphatic hydroxyl groups is 1. The van der Waals surface area contributed by atoms with Crippen LogP contribution in [0.1, 0.15) is 19.3 Å². The van der Waals surface area contributed by atoms with Gasteiger partial charge in [-0.15, -0.1) is 0 Å². The molecule has 1 aliphatic rings. The average molecular weight is 306 g/mol. The van der Waals surface area contributed by atoms with Gasteiger partial charge in [-0.25, -0.2) is 4.79 Å². The molecule has 1 fully saturated rings. The summed E-state index contributed by atoms with van der Waals surface area (Å²) in [5, 5.41) is 18.2. The number of rotatable bonds is 4. The number of carbonyl (C=O) groups is 1. The van der Waals surface area contributed by atoms with Crippen molar-refractivity contribution in [2.45, 2.75) is 38.1 Å². The van der Waals surface area contributed by atoms with Gasteiger partial charge >= 0.3 is 12.2 Å². The molecule has 1 aromatic rings. The normalized spacial score (nSPS) is 22.3. The number of aliphatic hydroxyl groups excluding tert-OH is 1. The van der Waals surface area contributed by atoms with Crippen molar-refractivity contribution in [3.63, 3.8) is 0 Å². The number of urea groups is 1. The number of aromatic nitrogens is 2. The molecule has 21 heavy (non-hydrogen) atoms. The molecule has 6 nitrogen and oxygen atoms in total. The maximum Gasteiger partial charge on any atom is 0.408 e. The minimum Gasteiger partial charge on any atom is -0.393 e. The molecule has 0 radical (unpaired) electrons. The summed E-state index contributed by atoms with van der Waals surface area (Å²) in [7, 11) is 0. The van der Waals surface area contributed by atoms with E-state index in [1.165, 1.54) is 6.07 Å². The fraction of sp³-hybridized carbons (Fsp3) is 0.667. The first-order valence-corrected chi connectivity index (χ1v) is 6.66. The molecule has 1 heterocycles. The molecule has 1 aliphatic carbocycles. The smallest absolute Gasteiger partial charge is 0.393 e. The summed E-state index contributed by atoms with van der Waals surface area (Å²) in [6, 6.07) is 0.738. The Hall–Kier alpha value is -1.77. The van der Waals surface area contributed by atoms with Crippen molar-refractivity contribution in [1.82, 2.24) is 15.1 Å². The maximum atomic E-state index is 12.2. The molecule has 2 rings (SSSR count). The number of alkyl halides is 3. The Bertz CT molecular complexity index is 489. The van der Waals surface area contributed by atoms with Crippen molar-refractivity contribution < 1.29 is 23.1 Å².